The molecule has 0 N–H and O–H groups in total. The van der Waals surface area contributed by atoms with Crippen LogP contribution in [0.4, 0.5) is 5.69 Å². The molecule has 140 valence electrons. The Morgan fingerprint density at radius 3 is 2.45 bits per heavy atom. The number of pyridine rings is 1. The Morgan fingerprint density at radius 2 is 1.59 bits per heavy atom. The lowest BCUT2D eigenvalue weighted by molar-refractivity contribution is 0.0985. The summed E-state index contributed by atoms with van der Waals surface area (Å²) >= 11 is 0. The first-order valence-electron chi connectivity index (χ1n) is 9.56. The fourth-order valence-corrected chi connectivity index (χ4v) is 3.63. The van der Waals surface area contributed by atoms with Crippen LogP contribution >= 0.6 is 0 Å². The number of nitrogens with zero attached hydrogens (tertiary/aromatic N) is 3. The lowest BCUT2D eigenvalue weighted by Gasteiger charge is -2.23. The van der Waals surface area contributed by atoms with Crippen LogP contribution in [-0.4, -0.2) is 15.3 Å². The van der Waals surface area contributed by atoms with E-state index < -0.39 is 0 Å². The molecule has 0 aliphatic heterocycles. The minimum Gasteiger partial charge on any atom is -0.302 e. The van der Waals surface area contributed by atoms with E-state index in [9.17, 15) is 4.79 Å². The number of benzene rings is 3. The van der Waals surface area contributed by atoms with Crippen molar-refractivity contribution in [1.29, 1.82) is 0 Å². The van der Waals surface area contributed by atoms with Gasteiger partial charge in [-0.2, -0.15) is 0 Å². The van der Waals surface area contributed by atoms with Gasteiger partial charge >= 0.3 is 0 Å². The number of hydrogen-bond acceptors (Lipinski definition) is 2. The van der Waals surface area contributed by atoms with Crippen molar-refractivity contribution in [2.75, 3.05) is 4.90 Å². The van der Waals surface area contributed by atoms with E-state index in [4.69, 9.17) is 0 Å². The van der Waals surface area contributed by atoms with E-state index in [0.29, 0.717) is 12.1 Å². The van der Waals surface area contributed by atoms with Crippen LogP contribution in [0.1, 0.15) is 16.1 Å². The number of anilines is 1. The van der Waals surface area contributed by atoms with Gasteiger partial charge in [-0.3, -0.25) is 4.79 Å². The lowest BCUT2D eigenvalue weighted by Crippen LogP contribution is -2.30. The van der Waals surface area contributed by atoms with E-state index >= 15 is 0 Å². The van der Waals surface area contributed by atoms with Gasteiger partial charge in [-0.15, -0.1) is 0 Å². The molecule has 0 fully saturated rings. The van der Waals surface area contributed by atoms with E-state index in [1.54, 1.807) is 4.90 Å². The second kappa shape index (κ2) is 7.24. The smallest absolute Gasteiger partial charge is 0.258 e. The van der Waals surface area contributed by atoms with E-state index in [2.05, 4.69) is 11.1 Å². The molecular weight excluding hydrogens is 358 g/mol. The average molecular weight is 377 g/mol. The third-order valence-corrected chi connectivity index (χ3v) is 5.12. The molecule has 2 aromatic heterocycles. The molecule has 0 atom stereocenters. The first-order chi connectivity index (χ1) is 14.3. The van der Waals surface area contributed by atoms with Crippen molar-refractivity contribution in [3.63, 3.8) is 0 Å². The highest BCUT2D eigenvalue weighted by Crippen LogP contribution is 2.23. The molecule has 0 bridgehead atoms. The summed E-state index contributed by atoms with van der Waals surface area (Å²) < 4.78 is 2.02. The number of imidazole rings is 1. The van der Waals surface area contributed by atoms with Gasteiger partial charge in [0.05, 0.1) is 18.4 Å². The molecule has 0 saturated carbocycles. The van der Waals surface area contributed by atoms with Crippen LogP contribution in [0.25, 0.3) is 16.4 Å². The molecule has 0 spiro atoms. The molecule has 3 aromatic carbocycles. The number of fused-ring (bicyclic) bond motifs is 2. The molecule has 5 aromatic rings. The largest absolute Gasteiger partial charge is 0.302 e. The maximum Gasteiger partial charge on any atom is 0.258 e. The quantitative estimate of drug-likeness (QED) is 0.424. The van der Waals surface area contributed by atoms with Crippen LogP contribution in [0.2, 0.25) is 0 Å². The Kier molecular flexibility index (Phi) is 4.30. The number of para-hydroxylation sites is 1. The topological polar surface area (TPSA) is 37.6 Å². The molecule has 5 rings (SSSR count). The number of carbonyl (C=O) groups is 1. The standard InChI is InChI=1S/C25H19N3O/c29-25(21-14-13-19-8-4-5-9-20(19)16-21)28(22-10-2-1-3-11-22)18-23-17-26-24-12-6-7-15-27(23)24/h1-17H,18H2. The Morgan fingerprint density at radius 1 is 0.828 bits per heavy atom. The Labute approximate surface area is 168 Å². The maximum absolute atomic E-state index is 13.5. The van der Waals surface area contributed by atoms with Crippen LogP contribution in [0.15, 0.2) is 103 Å². The SMILES string of the molecule is O=C(c1ccc2ccccc2c1)N(Cc1cnc2ccccn12)c1ccccc1. The second-order valence-electron chi connectivity index (χ2n) is 6.97. The van der Waals surface area contributed by atoms with Crippen molar-refractivity contribution < 1.29 is 4.79 Å². The van der Waals surface area contributed by atoms with Crippen LogP contribution < -0.4 is 4.90 Å². The zero-order valence-corrected chi connectivity index (χ0v) is 15.8. The summed E-state index contributed by atoms with van der Waals surface area (Å²) in [6.45, 7) is 0.431. The van der Waals surface area contributed by atoms with Crippen molar-refractivity contribution in [3.05, 3.63) is 115 Å². The average Bonchev–Trinajstić information content (AvgIpc) is 3.20. The molecule has 0 aliphatic carbocycles. The summed E-state index contributed by atoms with van der Waals surface area (Å²) in [5, 5.41) is 2.18. The number of rotatable bonds is 4. The van der Waals surface area contributed by atoms with E-state index in [1.165, 1.54) is 0 Å². The minimum absolute atomic E-state index is 0.0344. The predicted octanol–water partition coefficient (Wildman–Crippen LogP) is 5.33. The zero-order valence-electron chi connectivity index (χ0n) is 15.8. The highest BCUT2D eigenvalue weighted by atomic mass is 16.2. The highest BCUT2D eigenvalue weighted by Gasteiger charge is 2.20. The van der Waals surface area contributed by atoms with E-state index in [-0.39, 0.29) is 5.91 Å². The lowest BCUT2D eigenvalue weighted by atomic mass is 10.1. The first kappa shape index (κ1) is 17.2. The summed E-state index contributed by atoms with van der Waals surface area (Å²) in [4.78, 5) is 19.8. The molecule has 0 aliphatic rings. The fraction of sp³-hybridized carbons (Fsp3) is 0.0400. The van der Waals surface area contributed by atoms with Gasteiger partial charge in [0.15, 0.2) is 0 Å². The summed E-state index contributed by atoms with van der Waals surface area (Å²) in [6, 6.07) is 29.6. The zero-order chi connectivity index (χ0) is 19.6. The molecule has 0 saturated heterocycles. The van der Waals surface area contributed by atoms with Crippen LogP contribution in [0, 0.1) is 0 Å². The van der Waals surface area contributed by atoms with Gasteiger partial charge in [0.1, 0.15) is 5.65 Å². The molecule has 2 heterocycles. The van der Waals surface area contributed by atoms with Gasteiger partial charge in [0.25, 0.3) is 5.91 Å². The summed E-state index contributed by atoms with van der Waals surface area (Å²) in [6.07, 6.45) is 3.81. The van der Waals surface area contributed by atoms with Gasteiger partial charge in [-0.05, 0) is 47.2 Å². The third kappa shape index (κ3) is 3.25. The van der Waals surface area contributed by atoms with E-state index in [0.717, 1.165) is 27.8 Å². The third-order valence-electron chi connectivity index (χ3n) is 5.12. The van der Waals surface area contributed by atoms with Gasteiger partial charge in [-0.1, -0.05) is 54.6 Å². The minimum atomic E-state index is -0.0344. The Balaban J connectivity index is 1.57. The predicted molar refractivity (Wildman–Crippen MR) is 116 cm³/mol. The van der Waals surface area contributed by atoms with E-state index in [1.807, 2.05) is 102 Å². The number of carbonyl (C=O) groups excluding carboxylic acids is 1. The summed E-state index contributed by atoms with van der Waals surface area (Å²) in [5.41, 5.74) is 3.35. The molecule has 29 heavy (non-hydrogen) atoms. The van der Waals surface area contributed by atoms with Crippen molar-refractivity contribution in [2.45, 2.75) is 6.54 Å². The fourth-order valence-electron chi connectivity index (χ4n) is 3.63. The van der Waals surface area contributed by atoms with Crippen molar-refractivity contribution in [3.8, 4) is 0 Å². The van der Waals surface area contributed by atoms with Crippen LogP contribution in [0.3, 0.4) is 0 Å². The summed E-state index contributed by atoms with van der Waals surface area (Å²) in [5.74, 6) is -0.0344. The second-order valence-corrected chi connectivity index (χ2v) is 6.97. The van der Waals surface area contributed by atoms with Crippen molar-refractivity contribution >= 4 is 28.0 Å². The van der Waals surface area contributed by atoms with Crippen LogP contribution in [-0.2, 0) is 6.54 Å². The van der Waals surface area contributed by atoms with Crippen molar-refractivity contribution in [2.24, 2.45) is 0 Å². The summed E-state index contributed by atoms with van der Waals surface area (Å²) in [7, 11) is 0. The highest BCUT2D eigenvalue weighted by molar-refractivity contribution is 6.07. The molecule has 0 unspecified atom stereocenters. The van der Waals surface area contributed by atoms with Gasteiger partial charge in [0, 0.05) is 17.4 Å². The molecule has 4 heteroatoms. The normalized spacial score (nSPS) is 11.0. The first-order valence-corrected chi connectivity index (χ1v) is 9.56. The Hall–Kier alpha value is -3.92. The van der Waals surface area contributed by atoms with Crippen LogP contribution in [0.5, 0.6) is 0 Å². The number of aromatic nitrogens is 2. The Bertz CT molecular complexity index is 1310. The van der Waals surface area contributed by atoms with Gasteiger partial charge < -0.3 is 9.30 Å². The monoisotopic (exact) mass is 377 g/mol. The van der Waals surface area contributed by atoms with Crippen molar-refractivity contribution in [1.82, 2.24) is 9.38 Å². The molecular formula is C25H19N3O. The van der Waals surface area contributed by atoms with Gasteiger partial charge in [0.2, 0.25) is 0 Å². The molecule has 0 radical (unpaired) electrons. The molecule has 4 nitrogen and oxygen atoms in total. The van der Waals surface area contributed by atoms with Gasteiger partial charge in [-0.25, -0.2) is 4.98 Å². The maximum atomic E-state index is 13.5. The molecule has 1 amide bonds. The number of hydrogen-bond donors (Lipinski definition) is 0. The number of amides is 1.